The number of amides is 1. The zero-order chi connectivity index (χ0) is 7.11. The average molecular weight is 131 g/mol. The fourth-order valence-corrected chi connectivity index (χ4v) is 0.376. The van der Waals surface area contributed by atoms with E-state index >= 15 is 0 Å². The van der Waals surface area contributed by atoms with Gasteiger partial charge in [-0.2, -0.15) is 0 Å². The molecule has 0 saturated heterocycles. The Hall–Kier alpha value is -0.610. The summed E-state index contributed by atoms with van der Waals surface area (Å²) in [6.07, 6.45) is 0. The molecule has 1 radical (unpaired) electrons. The summed E-state index contributed by atoms with van der Waals surface area (Å²) in [5, 5.41) is 2.72. The molecule has 0 aromatic rings. The van der Waals surface area contributed by atoms with Gasteiger partial charge in [0.1, 0.15) is 0 Å². The number of carbonyl (C=O) groups excluding carboxylic acids is 1. The minimum Gasteiger partial charge on any atom is -0.383 e. The van der Waals surface area contributed by atoms with E-state index < -0.39 is 5.91 Å². The highest BCUT2D eigenvalue weighted by molar-refractivity contribution is 5.75. The van der Waals surface area contributed by atoms with Crippen LogP contribution < -0.4 is 11.1 Å². The molecule has 0 aliphatic heterocycles. The fourth-order valence-electron chi connectivity index (χ4n) is 0.376. The molecule has 0 rings (SSSR count). The average Bonchev–Trinajstić information content (AvgIpc) is 1.80. The molecule has 1 amide bonds. The van der Waals surface area contributed by atoms with Crippen molar-refractivity contribution >= 4 is 5.91 Å². The van der Waals surface area contributed by atoms with E-state index in [-0.39, 0.29) is 6.54 Å². The Bertz CT molecular complexity index is 85.0. The second-order valence-corrected chi connectivity index (χ2v) is 1.59. The van der Waals surface area contributed by atoms with Gasteiger partial charge in [-0.3, -0.25) is 10.5 Å². The highest BCUT2D eigenvalue weighted by Gasteiger charge is 1.90. The molecule has 0 saturated carbocycles. The summed E-state index contributed by atoms with van der Waals surface area (Å²) >= 11 is 0. The van der Waals surface area contributed by atoms with Crippen molar-refractivity contribution in [3.05, 3.63) is 0 Å². The first-order chi connectivity index (χ1) is 4.27. The van der Waals surface area contributed by atoms with Crippen LogP contribution in [-0.2, 0) is 9.53 Å². The number of hydrogen-bond acceptors (Lipinski definition) is 3. The predicted molar refractivity (Wildman–Crippen MR) is 32.8 cm³/mol. The van der Waals surface area contributed by atoms with Crippen LogP contribution in [0.2, 0.25) is 0 Å². The fraction of sp³-hybridized carbons (Fsp3) is 0.800. The van der Waals surface area contributed by atoms with Crippen LogP contribution in [0, 0.1) is 0 Å². The van der Waals surface area contributed by atoms with E-state index in [1.807, 2.05) is 0 Å². The van der Waals surface area contributed by atoms with E-state index in [4.69, 9.17) is 5.73 Å². The molecule has 0 spiro atoms. The summed E-state index contributed by atoms with van der Waals surface area (Å²) in [7, 11) is 1.59. The number of rotatable bonds is 5. The van der Waals surface area contributed by atoms with Gasteiger partial charge in [0, 0.05) is 13.7 Å². The SMILES string of the molecule is COCCNCC([NH])=O. The zero-order valence-corrected chi connectivity index (χ0v) is 5.44. The first-order valence-corrected chi connectivity index (χ1v) is 2.71. The van der Waals surface area contributed by atoms with Crippen LogP contribution in [0.5, 0.6) is 0 Å². The number of carbonyl (C=O) groups is 1. The number of hydrogen-bond donors (Lipinski definition) is 1. The lowest BCUT2D eigenvalue weighted by Gasteiger charge is -1.97. The van der Waals surface area contributed by atoms with Gasteiger partial charge in [0.2, 0.25) is 0 Å². The Morgan fingerprint density at radius 1 is 1.78 bits per heavy atom. The van der Waals surface area contributed by atoms with Crippen LogP contribution in [0.25, 0.3) is 0 Å². The topological polar surface area (TPSA) is 62.1 Å². The van der Waals surface area contributed by atoms with Crippen molar-refractivity contribution in [3.63, 3.8) is 0 Å². The van der Waals surface area contributed by atoms with Gasteiger partial charge in [-0.1, -0.05) is 0 Å². The highest BCUT2D eigenvalue weighted by atomic mass is 16.5. The predicted octanol–water partition coefficient (Wildman–Crippen LogP) is -0.968. The maximum atomic E-state index is 9.97. The zero-order valence-electron chi connectivity index (χ0n) is 5.44. The van der Waals surface area contributed by atoms with Gasteiger partial charge in [0.15, 0.2) is 0 Å². The monoisotopic (exact) mass is 131 g/mol. The normalized spacial score (nSPS) is 9.44. The third-order valence-electron chi connectivity index (χ3n) is 0.769. The van der Waals surface area contributed by atoms with Crippen molar-refractivity contribution in [2.24, 2.45) is 0 Å². The lowest BCUT2D eigenvalue weighted by molar-refractivity contribution is -0.117. The van der Waals surface area contributed by atoms with Gasteiger partial charge < -0.3 is 10.1 Å². The summed E-state index contributed by atoms with van der Waals surface area (Å²) in [5.74, 6) is -0.592. The molecule has 0 fully saturated rings. The molecule has 4 heteroatoms. The number of nitrogens with one attached hydrogen (secondary N) is 2. The van der Waals surface area contributed by atoms with Crippen LogP contribution in [0.15, 0.2) is 0 Å². The molecule has 0 aliphatic carbocycles. The van der Waals surface area contributed by atoms with E-state index in [2.05, 4.69) is 10.1 Å². The van der Waals surface area contributed by atoms with Gasteiger partial charge >= 0.3 is 0 Å². The molecule has 0 bridgehead atoms. The lowest BCUT2D eigenvalue weighted by Crippen LogP contribution is -2.26. The summed E-state index contributed by atoms with van der Waals surface area (Å²) < 4.78 is 4.69. The molecule has 0 aromatic carbocycles. The molecule has 0 aliphatic rings. The van der Waals surface area contributed by atoms with Crippen LogP contribution in [-0.4, -0.2) is 32.7 Å². The Morgan fingerprint density at radius 2 is 2.44 bits per heavy atom. The van der Waals surface area contributed by atoms with E-state index in [1.165, 1.54) is 0 Å². The smallest absolute Gasteiger partial charge is 0.252 e. The highest BCUT2D eigenvalue weighted by Crippen LogP contribution is 1.63. The Morgan fingerprint density at radius 3 is 2.89 bits per heavy atom. The Balaban J connectivity index is 2.83. The summed E-state index contributed by atoms with van der Waals surface area (Å²) in [6.45, 7) is 1.32. The first-order valence-electron chi connectivity index (χ1n) is 2.71. The summed E-state index contributed by atoms with van der Waals surface area (Å²) in [4.78, 5) is 9.97. The maximum Gasteiger partial charge on any atom is 0.252 e. The van der Waals surface area contributed by atoms with Gasteiger partial charge in [-0.15, -0.1) is 0 Å². The summed E-state index contributed by atoms with van der Waals surface area (Å²) in [5.41, 5.74) is 6.47. The quantitative estimate of drug-likeness (QED) is 0.488. The molecular weight excluding hydrogens is 120 g/mol. The molecule has 0 unspecified atom stereocenters. The number of ether oxygens (including phenoxy) is 1. The second-order valence-electron chi connectivity index (χ2n) is 1.59. The van der Waals surface area contributed by atoms with Crippen molar-refractivity contribution in [2.75, 3.05) is 26.8 Å². The van der Waals surface area contributed by atoms with Gasteiger partial charge in [0.05, 0.1) is 13.2 Å². The Labute approximate surface area is 54.4 Å². The Kier molecular flexibility index (Phi) is 5.15. The van der Waals surface area contributed by atoms with E-state index in [1.54, 1.807) is 7.11 Å². The van der Waals surface area contributed by atoms with E-state index in [9.17, 15) is 4.79 Å². The van der Waals surface area contributed by atoms with Gasteiger partial charge in [-0.05, 0) is 0 Å². The maximum absolute atomic E-state index is 9.97. The van der Waals surface area contributed by atoms with Crippen LogP contribution in [0.4, 0.5) is 0 Å². The van der Waals surface area contributed by atoms with Crippen molar-refractivity contribution in [3.8, 4) is 0 Å². The molecule has 4 nitrogen and oxygen atoms in total. The molecule has 0 aromatic heterocycles. The third kappa shape index (κ3) is 7.39. The largest absolute Gasteiger partial charge is 0.383 e. The lowest BCUT2D eigenvalue weighted by atomic mass is 10.6. The standard InChI is InChI=1S/C5H11N2O2/c1-9-3-2-7-4-5(6)8/h6-7H,2-4H2,1H3. The van der Waals surface area contributed by atoms with Crippen molar-refractivity contribution in [1.29, 1.82) is 0 Å². The minimum atomic E-state index is -0.592. The third-order valence-corrected chi connectivity index (χ3v) is 0.769. The van der Waals surface area contributed by atoms with Crippen molar-refractivity contribution < 1.29 is 9.53 Å². The van der Waals surface area contributed by atoms with E-state index in [0.29, 0.717) is 13.2 Å². The molecule has 9 heavy (non-hydrogen) atoms. The molecular formula is C5H11N2O2. The van der Waals surface area contributed by atoms with Gasteiger partial charge in [0.25, 0.3) is 5.91 Å². The van der Waals surface area contributed by atoms with E-state index in [0.717, 1.165) is 0 Å². The van der Waals surface area contributed by atoms with Crippen LogP contribution in [0.1, 0.15) is 0 Å². The van der Waals surface area contributed by atoms with Crippen molar-refractivity contribution in [1.82, 2.24) is 11.1 Å². The number of methoxy groups -OCH3 is 1. The first kappa shape index (κ1) is 8.39. The van der Waals surface area contributed by atoms with Crippen molar-refractivity contribution in [2.45, 2.75) is 0 Å². The molecule has 0 heterocycles. The second kappa shape index (κ2) is 5.53. The van der Waals surface area contributed by atoms with Crippen LogP contribution in [0.3, 0.4) is 0 Å². The molecule has 0 atom stereocenters. The minimum absolute atomic E-state index is 0.114. The summed E-state index contributed by atoms with van der Waals surface area (Å²) in [6, 6.07) is 0. The van der Waals surface area contributed by atoms with Gasteiger partial charge in [-0.25, -0.2) is 0 Å². The molecule has 2 N–H and O–H groups in total. The van der Waals surface area contributed by atoms with Crippen LogP contribution >= 0.6 is 0 Å². The molecule has 53 valence electrons.